The molecule has 4 nitrogen and oxygen atoms in total. The number of halogens is 3. The van der Waals surface area contributed by atoms with Crippen molar-refractivity contribution in [3.63, 3.8) is 0 Å². The van der Waals surface area contributed by atoms with Gasteiger partial charge in [-0.15, -0.1) is 0 Å². The number of benzene rings is 1. The van der Waals surface area contributed by atoms with Gasteiger partial charge in [0.15, 0.2) is 17.5 Å². The quantitative estimate of drug-likeness (QED) is 0.816. The molecule has 2 aromatic rings. The third-order valence-corrected chi connectivity index (χ3v) is 3.62. The van der Waals surface area contributed by atoms with Crippen molar-refractivity contribution in [2.75, 3.05) is 13.1 Å². The zero-order chi connectivity index (χ0) is 16.4. The number of ether oxygens (including phenoxy) is 1. The molecule has 1 aliphatic rings. The summed E-state index contributed by atoms with van der Waals surface area (Å²) < 4.78 is 45.5. The Labute approximate surface area is 130 Å². The molecule has 23 heavy (non-hydrogen) atoms. The molecule has 1 aromatic carbocycles. The van der Waals surface area contributed by atoms with E-state index >= 15 is 0 Å². The van der Waals surface area contributed by atoms with E-state index in [0.717, 1.165) is 12.1 Å². The predicted molar refractivity (Wildman–Crippen MR) is 75.5 cm³/mol. The fourth-order valence-electron chi connectivity index (χ4n) is 2.46. The molecule has 7 heteroatoms. The fourth-order valence-corrected chi connectivity index (χ4v) is 2.46. The largest absolute Gasteiger partial charge is 0.472 e. The van der Waals surface area contributed by atoms with Crippen LogP contribution >= 0.6 is 0 Å². The summed E-state index contributed by atoms with van der Waals surface area (Å²) in [5, 5.41) is 0. The summed E-state index contributed by atoms with van der Waals surface area (Å²) >= 11 is 0. The molecule has 2 heterocycles. The van der Waals surface area contributed by atoms with E-state index in [-0.39, 0.29) is 12.6 Å². The number of carbonyl (C=O) groups excluding carboxylic acids is 1. The van der Waals surface area contributed by atoms with E-state index in [4.69, 9.17) is 4.74 Å². The Hall–Kier alpha value is -2.57. The van der Waals surface area contributed by atoms with Gasteiger partial charge in [-0.1, -0.05) is 6.07 Å². The van der Waals surface area contributed by atoms with Crippen LogP contribution in [0.15, 0.2) is 36.5 Å². The Morgan fingerprint density at radius 1 is 1.17 bits per heavy atom. The predicted octanol–water partition coefficient (Wildman–Crippen LogP) is 2.79. The maximum absolute atomic E-state index is 13.7. The lowest BCUT2D eigenvalue weighted by Crippen LogP contribution is -2.31. The van der Waals surface area contributed by atoms with E-state index in [1.807, 2.05) is 0 Å². The first kappa shape index (κ1) is 15.3. The molecule has 0 N–H and O–H groups in total. The second-order valence-electron chi connectivity index (χ2n) is 5.17. The van der Waals surface area contributed by atoms with Gasteiger partial charge >= 0.3 is 0 Å². The molecule has 0 saturated carbocycles. The number of amides is 1. The van der Waals surface area contributed by atoms with Gasteiger partial charge in [0.1, 0.15) is 6.10 Å². The van der Waals surface area contributed by atoms with Crippen LogP contribution < -0.4 is 4.74 Å². The van der Waals surface area contributed by atoms with E-state index in [2.05, 4.69) is 4.98 Å². The van der Waals surface area contributed by atoms with Gasteiger partial charge in [-0.05, 0) is 18.2 Å². The van der Waals surface area contributed by atoms with Gasteiger partial charge in [-0.25, -0.2) is 18.2 Å². The maximum atomic E-state index is 13.7. The van der Waals surface area contributed by atoms with Crippen molar-refractivity contribution < 1.29 is 22.7 Å². The van der Waals surface area contributed by atoms with Crippen molar-refractivity contribution in [3.8, 4) is 5.88 Å². The zero-order valence-electron chi connectivity index (χ0n) is 12.0. The van der Waals surface area contributed by atoms with Crippen LogP contribution in [0.1, 0.15) is 16.8 Å². The number of carbonyl (C=O) groups is 1. The van der Waals surface area contributed by atoms with Crippen LogP contribution in [0.4, 0.5) is 13.2 Å². The lowest BCUT2D eigenvalue weighted by Gasteiger charge is -2.17. The fraction of sp³-hybridized carbons (Fsp3) is 0.250. The van der Waals surface area contributed by atoms with Gasteiger partial charge < -0.3 is 9.64 Å². The smallest absolute Gasteiger partial charge is 0.257 e. The first-order valence-corrected chi connectivity index (χ1v) is 7.06. The van der Waals surface area contributed by atoms with Crippen LogP contribution in [0.2, 0.25) is 0 Å². The number of likely N-dealkylation sites (tertiary alicyclic amines) is 1. The summed E-state index contributed by atoms with van der Waals surface area (Å²) in [5.74, 6) is -4.68. The molecular formula is C16H13F3N2O2. The summed E-state index contributed by atoms with van der Waals surface area (Å²) in [5.41, 5.74) is -0.484. The summed E-state index contributed by atoms with van der Waals surface area (Å²) in [6.07, 6.45) is 1.86. The van der Waals surface area contributed by atoms with Gasteiger partial charge in [-0.2, -0.15) is 0 Å². The number of aromatic nitrogens is 1. The number of nitrogens with zero attached hydrogens (tertiary/aromatic N) is 2. The van der Waals surface area contributed by atoms with Crippen LogP contribution in [0.5, 0.6) is 5.88 Å². The van der Waals surface area contributed by atoms with Gasteiger partial charge in [0.25, 0.3) is 5.91 Å². The minimum Gasteiger partial charge on any atom is -0.472 e. The molecule has 0 radical (unpaired) electrons. The zero-order valence-corrected chi connectivity index (χ0v) is 12.0. The lowest BCUT2D eigenvalue weighted by molar-refractivity contribution is 0.0765. The van der Waals surface area contributed by atoms with Crippen molar-refractivity contribution in [2.24, 2.45) is 0 Å². The van der Waals surface area contributed by atoms with Gasteiger partial charge in [0.2, 0.25) is 5.88 Å². The Balaban J connectivity index is 1.69. The second-order valence-corrected chi connectivity index (χ2v) is 5.17. The number of rotatable bonds is 3. The second kappa shape index (κ2) is 6.28. The average molecular weight is 322 g/mol. The monoisotopic (exact) mass is 322 g/mol. The van der Waals surface area contributed by atoms with Crippen molar-refractivity contribution >= 4 is 5.91 Å². The molecule has 1 atom stereocenters. The van der Waals surface area contributed by atoms with Crippen LogP contribution in [-0.4, -0.2) is 35.0 Å². The van der Waals surface area contributed by atoms with Crippen LogP contribution in [0.25, 0.3) is 0 Å². The topological polar surface area (TPSA) is 42.4 Å². The molecule has 3 rings (SSSR count). The van der Waals surface area contributed by atoms with Crippen molar-refractivity contribution in [3.05, 3.63) is 59.5 Å². The number of hydrogen-bond acceptors (Lipinski definition) is 3. The van der Waals surface area contributed by atoms with E-state index in [0.29, 0.717) is 18.8 Å². The van der Waals surface area contributed by atoms with Crippen molar-refractivity contribution in [1.82, 2.24) is 9.88 Å². The molecular weight excluding hydrogens is 309 g/mol. The van der Waals surface area contributed by atoms with E-state index in [1.165, 1.54) is 4.90 Å². The molecule has 1 saturated heterocycles. The summed E-state index contributed by atoms with van der Waals surface area (Å²) in [6.45, 7) is 0.572. The molecule has 1 aliphatic heterocycles. The van der Waals surface area contributed by atoms with E-state index < -0.39 is 28.9 Å². The summed E-state index contributed by atoms with van der Waals surface area (Å²) in [6, 6.07) is 6.91. The van der Waals surface area contributed by atoms with Gasteiger partial charge in [-0.3, -0.25) is 4.79 Å². The molecule has 1 aromatic heterocycles. The molecule has 1 unspecified atom stereocenters. The normalized spacial score (nSPS) is 17.3. The minimum absolute atomic E-state index is 0.230. The van der Waals surface area contributed by atoms with Gasteiger partial charge in [0.05, 0.1) is 12.1 Å². The first-order chi connectivity index (χ1) is 11.1. The SMILES string of the molecule is O=C(c1ccc(F)c(F)c1F)N1CCC(Oc2ccccn2)C1. The average Bonchev–Trinajstić information content (AvgIpc) is 3.02. The van der Waals surface area contributed by atoms with Crippen LogP contribution in [0, 0.1) is 17.5 Å². The highest BCUT2D eigenvalue weighted by Crippen LogP contribution is 2.21. The molecule has 120 valence electrons. The maximum Gasteiger partial charge on any atom is 0.257 e. The lowest BCUT2D eigenvalue weighted by atomic mass is 10.1. The third-order valence-electron chi connectivity index (χ3n) is 3.62. The van der Waals surface area contributed by atoms with E-state index in [9.17, 15) is 18.0 Å². The Bertz CT molecular complexity index is 725. The molecule has 0 aliphatic carbocycles. The highest BCUT2D eigenvalue weighted by Gasteiger charge is 2.31. The number of pyridine rings is 1. The van der Waals surface area contributed by atoms with Crippen molar-refractivity contribution in [2.45, 2.75) is 12.5 Å². The first-order valence-electron chi connectivity index (χ1n) is 7.06. The van der Waals surface area contributed by atoms with Gasteiger partial charge in [0, 0.05) is 25.2 Å². The van der Waals surface area contributed by atoms with E-state index in [1.54, 1.807) is 24.4 Å². The third kappa shape index (κ3) is 3.13. The van der Waals surface area contributed by atoms with Crippen LogP contribution in [0.3, 0.4) is 0 Å². The Morgan fingerprint density at radius 2 is 2.00 bits per heavy atom. The highest BCUT2D eigenvalue weighted by atomic mass is 19.2. The molecule has 0 spiro atoms. The standard InChI is InChI=1S/C16H13F3N2O2/c17-12-5-4-11(14(18)15(12)19)16(22)21-8-6-10(9-21)23-13-3-1-2-7-20-13/h1-5,7,10H,6,8-9H2. The van der Waals surface area contributed by atoms with Crippen LogP contribution in [-0.2, 0) is 0 Å². The molecule has 1 fully saturated rings. The number of hydrogen-bond donors (Lipinski definition) is 0. The summed E-state index contributed by atoms with van der Waals surface area (Å²) in [7, 11) is 0. The van der Waals surface area contributed by atoms with Crippen molar-refractivity contribution in [1.29, 1.82) is 0 Å². The minimum atomic E-state index is -1.64. The molecule has 1 amide bonds. The molecule has 0 bridgehead atoms. The highest BCUT2D eigenvalue weighted by molar-refractivity contribution is 5.94. The Morgan fingerprint density at radius 3 is 2.74 bits per heavy atom. The Kier molecular flexibility index (Phi) is 4.18. The summed E-state index contributed by atoms with van der Waals surface area (Å²) in [4.78, 5) is 17.6.